The van der Waals surface area contributed by atoms with E-state index in [2.05, 4.69) is 148 Å². The van der Waals surface area contributed by atoms with Crippen molar-refractivity contribution in [3.05, 3.63) is 134 Å². The van der Waals surface area contributed by atoms with Crippen molar-refractivity contribution in [2.75, 3.05) is 26.4 Å². The number of nitrogens with two attached hydrogens (primary N) is 1. The molecule has 0 radical (unpaired) electrons. The molecule has 99 heavy (non-hydrogen) atoms. The van der Waals surface area contributed by atoms with Gasteiger partial charge in [-0.1, -0.05) is 392 Å². The van der Waals surface area contributed by atoms with Crippen LogP contribution in [0.5, 0.6) is 0 Å². The Balaban J connectivity index is 3.82. The molecular formula is C89H156NO8P. The Morgan fingerprint density at radius 1 is 0.313 bits per heavy atom. The molecule has 0 aromatic rings. The van der Waals surface area contributed by atoms with Crippen LogP contribution in [-0.4, -0.2) is 49.3 Å². The zero-order valence-corrected chi connectivity index (χ0v) is 65.3. The lowest BCUT2D eigenvalue weighted by Crippen LogP contribution is -2.29. The number of phosphoric ester groups is 1. The first-order valence-electron chi connectivity index (χ1n) is 41.7. The number of esters is 2. The summed E-state index contributed by atoms with van der Waals surface area (Å²) in [6.45, 7) is 3.66. The topological polar surface area (TPSA) is 134 Å². The molecule has 0 aromatic carbocycles. The highest BCUT2D eigenvalue weighted by atomic mass is 31.2. The van der Waals surface area contributed by atoms with Crippen LogP contribution in [0, 0.1) is 0 Å². The summed E-state index contributed by atoms with van der Waals surface area (Å²) in [6, 6.07) is 0. The average molecular weight is 1400 g/mol. The lowest BCUT2D eigenvalue weighted by molar-refractivity contribution is -0.161. The number of hydrogen-bond donors (Lipinski definition) is 2. The molecule has 0 aromatic heterocycles. The van der Waals surface area contributed by atoms with Crippen molar-refractivity contribution < 1.29 is 37.6 Å². The van der Waals surface area contributed by atoms with Gasteiger partial charge in [0, 0.05) is 19.4 Å². The van der Waals surface area contributed by atoms with E-state index in [1.165, 1.54) is 250 Å². The zero-order valence-electron chi connectivity index (χ0n) is 64.4. The molecule has 10 heteroatoms. The average Bonchev–Trinajstić information content (AvgIpc) is 1.19. The van der Waals surface area contributed by atoms with E-state index in [0.29, 0.717) is 6.42 Å². The number of ether oxygens (including phenoxy) is 2. The Kier molecular flexibility index (Phi) is 79.9. The van der Waals surface area contributed by atoms with E-state index in [9.17, 15) is 19.0 Å². The van der Waals surface area contributed by atoms with Gasteiger partial charge < -0.3 is 20.1 Å². The fourth-order valence-corrected chi connectivity index (χ4v) is 12.7. The van der Waals surface area contributed by atoms with Crippen molar-refractivity contribution in [1.82, 2.24) is 0 Å². The third-order valence-electron chi connectivity index (χ3n) is 18.0. The summed E-state index contributed by atoms with van der Waals surface area (Å²) < 4.78 is 33.3. The van der Waals surface area contributed by atoms with E-state index >= 15 is 0 Å². The minimum absolute atomic E-state index is 0.0505. The van der Waals surface area contributed by atoms with Crippen LogP contribution >= 0.6 is 7.82 Å². The first kappa shape index (κ1) is 95.2. The van der Waals surface area contributed by atoms with E-state index < -0.39 is 26.5 Å². The Morgan fingerprint density at radius 2 is 0.556 bits per heavy atom. The van der Waals surface area contributed by atoms with Gasteiger partial charge in [0.25, 0.3) is 0 Å². The molecule has 2 unspecified atom stereocenters. The van der Waals surface area contributed by atoms with Crippen molar-refractivity contribution in [3.63, 3.8) is 0 Å². The minimum atomic E-state index is -4.40. The molecule has 0 amide bonds. The Bertz CT molecular complexity index is 2100. The summed E-state index contributed by atoms with van der Waals surface area (Å²) in [7, 11) is -4.40. The Hall–Kier alpha value is -3.85. The second-order valence-corrected chi connectivity index (χ2v) is 29.1. The van der Waals surface area contributed by atoms with Crippen LogP contribution in [0.3, 0.4) is 0 Å². The van der Waals surface area contributed by atoms with Crippen molar-refractivity contribution in [3.8, 4) is 0 Å². The molecule has 0 aliphatic carbocycles. The summed E-state index contributed by atoms with van der Waals surface area (Å²) in [5.41, 5.74) is 5.42. The van der Waals surface area contributed by atoms with Gasteiger partial charge in [-0.15, -0.1) is 0 Å². The fraction of sp³-hybridized carbons (Fsp3) is 0.730. The van der Waals surface area contributed by atoms with Crippen LogP contribution in [0.1, 0.15) is 386 Å². The van der Waals surface area contributed by atoms with Gasteiger partial charge in [0.15, 0.2) is 6.10 Å². The molecule has 9 nitrogen and oxygen atoms in total. The van der Waals surface area contributed by atoms with Crippen molar-refractivity contribution in [1.29, 1.82) is 0 Å². The molecule has 570 valence electrons. The molecule has 0 aliphatic heterocycles. The molecule has 0 fully saturated rings. The lowest BCUT2D eigenvalue weighted by atomic mass is 10.0. The molecule has 0 saturated carbocycles. The summed E-state index contributed by atoms with van der Waals surface area (Å²) in [4.78, 5) is 35.5. The molecular weight excluding hydrogens is 1240 g/mol. The Labute approximate surface area is 612 Å². The monoisotopic (exact) mass is 1400 g/mol. The number of hydrogen-bond acceptors (Lipinski definition) is 8. The minimum Gasteiger partial charge on any atom is -0.462 e. The van der Waals surface area contributed by atoms with E-state index in [1.54, 1.807) is 0 Å². The van der Waals surface area contributed by atoms with E-state index in [1.807, 2.05) is 0 Å². The molecule has 0 heterocycles. The molecule has 0 aliphatic rings. The number of unbranched alkanes of at least 4 members (excludes halogenated alkanes) is 43. The van der Waals surface area contributed by atoms with Gasteiger partial charge >= 0.3 is 19.8 Å². The molecule has 0 saturated heterocycles. The predicted octanol–water partition coefficient (Wildman–Crippen LogP) is 28.3. The second kappa shape index (κ2) is 83.1. The molecule has 0 rings (SSSR count). The lowest BCUT2D eigenvalue weighted by Gasteiger charge is -2.19. The van der Waals surface area contributed by atoms with Crippen LogP contribution < -0.4 is 5.73 Å². The summed E-state index contributed by atoms with van der Waals surface area (Å²) in [5, 5.41) is 0. The Morgan fingerprint density at radius 3 is 0.828 bits per heavy atom. The van der Waals surface area contributed by atoms with E-state index in [4.69, 9.17) is 24.3 Å². The van der Waals surface area contributed by atoms with Gasteiger partial charge in [0.05, 0.1) is 13.2 Å². The number of rotatable bonds is 78. The van der Waals surface area contributed by atoms with Crippen LogP contribution in [0.4, 0.5) is 0 Å². The normalized spacial score (nSPS) is 13.5. The quantitative estimate of drug-likeness (QED) is 0.0264. The first-order chi connectivity index (χ1) is 48.8. The standard InChI is InChI=1S/C89H156NO8P/c1-3-5-7-9-11-13-15-17-19-21-23-25-27-29-31-33-35-37-39-41-42-43-44-46-48-50-52-54-56-58-60-62-64-66-68-70-72-74-76-78-80-82-89(92)98-87(86-97-99(93,94)96-84-83-90)85-95-88(91)81-79-77-75-73-71-69-67-65-63-61-59-57-55-53-51-49-47-45-40-38-36-34-32-30-28-26-24-22-20-18-16-14-12-10-8-6-4-2/h5,7,11,13,16-19,22-25,29,31,35,37,41-42,44,46,50,52,87H,3-4,6,8-10,12,14-15,20-21,26-28,30,32-34,36,38-40,43,45,47-49,51,53-86,90H2,1-2H3,(H,93,94)/b7-5-,13-11-,18-16-,19-17-,24-22-,25-23-,31-29-,37-35-,42-41-,46-44-,52-50-. The molecule has 3 N–H and O–H groups in total. The van der Waals surface area contributed by atoms with Gasteiger partial charge in [0.1, 0.15) is 6.61 Å². The highest BCUT2D eigenvalue weighted by molar-refractivity contribution is 7.47. The molecule has 0 spiro atoms. The van der Waals surface area contributed by atoms with Gasteiger partial charge in [-0.3, -0.25) is 18.6 Å². The zero-order chi connectivity index (χ0) is 71.5. The van der Waals surface area contributed by atoms with Crippen LogP contribution in [0.25, 0.3) is 0 Å². The number of carbonyl (C=O) groups is 2. The van der Waals surface area contributed by atoms with Gasteiger partial charge in [0.2, 0.25) is 0 Å². The maximum absolute atomic E-state index is 12.8. The smallest absolute Gasteiger partial charge is 0.462 e. The van der Waals surface area contributed by atoms with Crippen molar-refractivity contribution in [2.24, 2.45) is 5.73 Å². The molecule has 2 atom stereocenters. The highest BCUT2D eigenvalue weighted by Gasteiger charge is 2.26. The third-order valence-corrected chi connectivity index (χ3v) is 19.0. The summed E-state index contributed by atoms with van der Waals surface area (Å²) in [5.74, 6) is -0.817. The maximum atomic E-state index is 12.8. The van der Waals surface area contributed by atoms with Crippen molar-refractivity contribution >= 4 is 19.8 Å². The second-order valence-electron chi connectivity index (χ2n) is 27.6. The number of allylic oxidation sites excluding steroid dienone is 22. The van der Waals surface area contributed by atoms with Crippen LogP contribution in [0.15, 0.2) is 134 Å². The number of carbonyl (C=O) groups excluding carboxylic acids is 2. The highest BCUT2D eigenvalue weighted by Crippen LogP contribution is 2.43. The SMILES string of the molecule is CC/C=C\C/C=C\C/C=C\C/C=C\C/C=C\C/C=C\C/C=C\C/C=C\C/C=C\CCCCCCCCCCCCCCCC(=O)OC(COC(=O)CCCCCCCCCCCCCCCCCCCCCCCCCCC/C=C\C/C=C\CCCCCCC)COP(=O)(O)OCCN. The van der Waals surface area contributed by atoms with Gasteiger partial charge in [-0.2, -0.15) is 0 Å². The third kappa shape index (κ3) is 83.0. The largest absolute Gasteiger partial charge is 0.472 e. The van der Waals surface area contributed by atoms with Gasteiger partial charge in [-0.25, -0.2) is 4.57 Å². The summed E-state index contributed by atoms with van der Waals surface area (Å²) in [6.07, 6.45) is 119. The number of phosphoric acid groups is 1. The first-order valence-corrected chi connectivity index (χ1v) is 43.2. The molecule has 0 bridgehead atoms. The maximum Gasteiger partial charge on any atom is 0.472 e. The fourth-order valence-electron chi connectivity index (χ4n) is 11.9. The van der Waals surface area contributed by atoms with E-state index in [-0.39, 0.29) is 38.6 Å². The van der Waals surface area contributed by atoms with Gasteiger partial charge in [-0.05, 0) is 116 Å². The van der Waals surface area contributed by atoms with E-state index in [0.717, 1.165) is 103 Å². The summed E-state index contributed by atoms with van der Waals surface area (Å²) >= 11 is 0. The predicted molar refractivity (Wildman–Crippen MR) is 431 cm³/mol. The van der Waals surface area contributed by atoms with Crippen LogP contribution in [-0.2, 0) is 32.7 Å². The van der Waals surface area contributed by atoms with Crippen LogP contribution in [0.2, 0.25) is 0 Å². The van der Waals surface area contributed by atoms with Crippen molar-refractivity contribution in [2.45, 2.75) is 392 Å².